The molecule has 1 aliphatic rings. The number of nitrogens with zero attached hydrogens (tertiary/aromatic N) is 8. The summed E-state index contributed by atoms with van der Waals surface area (Å²) in [5, 5.41) is 17.8. The lowest BCUT2D eigenvalue weighted by Gasteiger charge is -2.04. The summed E-state index contributed by atoms with van der Waals surface area (Å²) >= 11 is 0. The van der Waals surface area contributed by atoms with Gasteiger partial charge in [-0.1, -0.05) is 0 Å². The molecule has 0 aliphatic heterocycles. The van der Waals surface area contributed by atoms with E-state index in [9.17, 15) is 0 Å². The minimum absolute atomic E-state index is 0.451. The second-order valence-electron chi connectivity index (χ2n) is 7.15. The Balaban J connectivity index is 1.52. The molecule has 4 aromatic rings. The summed E-state index contributed by atoms with van der Waals surface area (Å²) in [4.78, 5) is 4.24. The Morgan fingerprint density at radius 1 is 1.04 bits per heavy atom. The van der Waals surface area contributed by atoms with Gasteiger partial charge < -0.3 is 4.57 Å². The van der Waals surface area contributed by atoms with Crippen LogP contribution in [0.2, 0.25) is 0 Å². The Bertz CT molecular complexity index is 1130. The van der Waals surface area contributed by atoms with Crippen LogP contribution in [0.4, 0.5) is 0 Å². The van der Waals surface area contributed by atoms with Crippen molar-refractivity contribution in [3.63, 3.8) is 0 Å². The van der Waals surface area contributed by atoms with Gasteiger partial charge in [0, 0.05) is 37.8 Å². The lowest BCUT2D eigenvalue weighted by Crippen LogP contribution is -2.02. The van der Waals surface area contributed by atoms with E-state index in [1.54, 1.807) is 4.52 Å². The first-order valence-electron chi connectivity index (χ1n) is 8.73. The molecule has 0 bridgehead atoms. The van der Waals surface area contributed by atoms with E-state index in [4.69, 9.17) is 10.2 Å². The molecule has 4 heterocycles. The maximum atomic E-state index is 4.77. The van der Waals surface area contributed by atoms with Crippen LogP contribution >= 0.6 is 0 Å². The topological polar surface area (TPSA) is 78.7 Å². The van der Waals surface area contributed by atoms with Gasteiger partial charge in [0.15, 0.2) is 11.5 Å². The fraction of sp³-hybridized carbons (Fsp3) is 0.389. The number of hydrogen-bond acceptors (Lipinski definition) is 5. The molecule has 132 valence electrons. The van der Waals surface area contributed by atoms with Crippen molar-refractivity contribution in [2.75, 3.05) is 0 Å². The van der Waals surface area contributed by atoms with E-state index in [0.29, 0.717) is 11.8 Å². The third-order valence-electron chi connectivity index (χ3n) is 5.28. The molecule has 8 heteroatoms. The van der Waals surface area contributed by atoms with E-state index in [0.717, 1.165) is 40.5 Å². The van der Waals surface area contributed by atoms with Gasteiger partial charge in [-0.3, -0.25) is 4.68 Å². The van der Waals surface area contributed by atoms with Gasteiger partial charge in [0.1, 0.15) is 5.69 Å². The Morgan fingerprint density at radius 3 is 2.65 bits per heavy atom. The molecule has 0 spiro atoms. The van der Waals surface area contributed by atoms with Crippen LogP contribution in [0.3, 0.4) is 0 Å². The molecular weight excluding hydrogens is 328 g/mol. The zero-order chi connectivity index (χ0) is 18.0. The highest BCUT2D eigenvalue weighted by Gasteiger charge is 2.43. The van der Waals surface area contributed by atoms with Crippen molar-refractivity contribution in [1.29, 1.82) is 0 Å². The van der Waals surface area contributed by atoms with E-state index in [1.807, 2.05) is 45.1 Å². The van der Waals surface area contributed by atoms with Gasteiger partial charge in [-0.15, -0.1) is 10.2 Å². The highest BCUT2D eigenvalue weighted by molar-refractivity contribution is 5.60. The fourth-order valence-electron chi connectivity index (χ4n) is 3.74. The number of rotatable bonds is 3. The van der Waals surface area contributed by atoms with Gasteiger partial charge >= 0.3 is 0 Å². The van der Waals surface area contributed by atoms with Crippen LogP contribution < -0.4 is 0 Å². The highest BCUT2D eigenvalue weighted by Crippen LogP contribution is 2.54. The molecule has 5 rings (SSSR count). The van der Waals surface area contributed by atoms with E-state index < -0.39 is 0 Å². The summed E-state index contributed by atoms with van der Waals surface area (Å²) < 4.78 is 5.82. The smallest absolute Gasteiger partial charge is 0.180 e. The molecule has 0 amide bonds. The Morgan fingerprint density at radius 2 is 1.88 bits per heavy atom. The molecule has 1 aliphatic carbocycles. The van der Waals surface area contributed by atoms with Crippen molar-refractivity contribution in [2.45, 2.75) is 32.1 Å². The van der Waals surface area contributed by atoms with Crippen molar-refractivity contribution in [1.82, 2.24) is 39.1 Å². The van der Waals surface area contributed by atoms with E-state index >= 15 is 0 Å². The molecule has 0 saturated heterocycles. The summed E-state index contributed by atoms with van der Waals surface area (Å²) in [7, 11) is 4.02. The van der Waals surface area contributed by atoms with Crippen LogP contribution in [0.15, 0.2) is 24.7 Å². The van der Waals surface area contributed by atoms with E-state index in [1.165, 1.54) is 5.69 Å². The number of aromatic nitrogens is 8. The van der Waals surface area contributed by atoms with Crippen LogP contribution in [0.25, 0.3) is 17.0 Å². The predicted molar refractivity (Wildman–Crippen MR) is 95.8 cm³/mol. The van der Waals surface area contributed by atoms with E-state index in [-0.39, 0.29) is 0 Å². The fourth-order valence-corrected chi connectivity index (χ4v) is 3.74. The molecule has 0 radical (unpaired) electrons. The molecular formula is C18H20N8. The zero-order valence-electron chi connectivity index (χ0n) is 15.2. The Labute approximate surface area is 150 Å². The minimum Gasteiger partial charge on any atom is -0.337 e. The van der Waals surface area contributed by atoms with Crippen LogP contribution in [-0.4, -0.2) is 39.1 Å². The number of hydrogen-bond donors (Lipinski definition) is 0. The van der Waals surface area contributed by atoms with Crippen molar-refractivity contribution in [2.24, 2.45) is 14.1 Å². The largest absolute Gasteiger partial charge is 0.337 e. The Hall–Kier alpha value is -3.03. The molecule has 8 nitrogen and oxygen atoms in total. The third-order valence-corrected chi connectivity index (χ3v) is 5.28. The standard InChI is InChI=1S/C18H20N8/c1-10-5-15(23-26-11(2)20-21-18(10)26)16-7-14(22-25(16)4)12-6-13(12)17-8-19-9-24(17)3/h5,7-9,12-13H,6H2,1-4H3. The first kappa shape index (κ1) is 15.2. The van der Waals surface area contributed by atoms with Crippen LogP contribution in [0, 0.1) is 13.8 Å². The second kappa shape index (κ2) is 5.23. The van der Waals surface area contributed by atoms with Gasteiger partial charge in [0.2, 0.25) is 0 Å². The first-order valence-corrected chi connectivity index (χ1v) is 8.73. The average Bonchev–Trinajstić information content (AvgIpc) is 2.90. The van der Waals surface area contributed by atoms with Crippen molar-refractivity contribution in [3.05, 3.63) is 47.4 Å². The summed E-state index contributed by atoms with van der Waals surface area (Å²) in [5.74, 6) is 1.74. The third kappa shape index (κ3) is 2.18. The highest BCUT2D eigenvalue weighted by atomic mass is 15.4. The van der Waals surface area contributed by atoms with Crippen molar-refractivity contribution in [3.8, 4) is 11.4 Å². The Kier molecular flexibility index (Phi) is 3.07. The molecule has 1 fully saturated rings. The lowest BCUT2D eigenvalue weighted by atomic mass is 10.1. The van der Waals surface area contributed by atoms with Crippen molar-refractivity contribution >= 4 is 5.65 Å². The molecule has 2 atom stereocenters. The second-order valence-corrected chi connectivity index (χ2v) is 7.15. The lowest BCUT2D eigenvalue weighted by molar-refractivity contribution is 0.736. The van der Waals surface area contributed by atoms with Crippen LogP contribution in [-0.2, 0) is 14.1 Å². The SMILES string of the molecule is Cc1cc(-c2cc(C3CC3c3cncn3C)nn2C)nn2c(C)nnc12. The maximum absolute atomic E-state index is 4.77. The van der Waals surface area contributed by atoms with E-state index in [2.05, 4.69) is 31.9 Å². The van der Waals surface area contributed by atoms with Crippen LogP contribution in [0.1, 0.15) is 41.0 Å². The number of imidazole rings is 1. The average molecular weight is 348 g/mol. The normalized spacial score (nSPS) is 19.4. The molecule has 1 saturated carbocycles. The van der Waals surface area contributed by atoms with Crippen LogP contribution in [0.5, 0.6) is 0 Å². The summed E-state index contributed by atoms with van der Waals surface area (Å²) in [6, 6.07) is 4.21. The minimum atomic E-state index is 0.451. The molecule has 26 heavy (non-hydrogen) atoms. The van der Waals surface area contributed by atoms with Crippen molar-refractivity contribution < 1.29 is 0 Å². The molecule has 0 aromatic carbocycles. The number of aryl methyl sites for hydroxylation is 4. The van der Waals surface area contributed by atoms with Gasteiger partial charge in [-0.2, -0.15) is 14.7 Å². The summed E-state index contributed by atoms with van der Waals surface area (Å²) in [5.41, 5.74) is 6.14. The van der Waals surface area contributed by atoms with Gasteiger partial charge in [0.25, 0.3) is 0 Å². The van der Waals surface area contributed by atoms with Gasteiger partial charge in [-0.25, -0.2) is 4.98 Å². The number of fused-ring (bicyclic) bond motifs is 1. The first-order chi connectivity index (χ1) is 12.5. The molecule has 4 aromatic heterocycles. The molecule has 2 unspecified atom stereocenters. The predicted octanol–water partition coefficient (Wildman–Crippen LogP) is 2.15. The summed E-state index contributed by atoms with van der Waals surface area (Å²) in [6.45, 7) is 3.94. The maximum Gasteiger partial charge on any atom is 0.180 e. The zero-order valence-corrected chi connectivity index (χ0v) is 15.2. The summed E-state index contributed by atoms with van der Waals surface area (Å²) in [6.07, 6.45) is 4.94. The van der Waals surface area contributed by atoms with Gasteiger partial charge in [0.05, 0.1) is 17.7 Å². The quantitative estimate of drug-likeness (QED) is 0.567. The monoisotopic (exact) mass is 348 g/mol. The van der Waals surface area contributed by atoms with Gasteiger partial charge in [-0.05, 0) is 38.0 Å². The molecule has 0 N–H and O–H groups in total.